The average Bonchev–Trinajstić information content (AvgIpc) is 2.98. The van der Waals surface area contributed by atoms with Gasteiger partial charge in [0, 0.05) is 5.56 Å². The van der Waals surface area contributed by atoms with Crippen molar-refractivity contribution in [2.45, 2.75) is 39.5 Å². The molecule has 8 heteroatoms. The molecule has 0 saturated heterocycles. The van der Waals surface area contributed by atoms with E-state index >= 15 is 0 Å². The van der Waals surface area contributed by atoms with Gasteiger partial charge in [0.05, 0.1) is 25.8 Å². The van der Waals surface area contributed by atoms with Gasteiger partial charge in [-0.1, -0.05) is 20.8 Å². The first-order valence-electron chi connectivity index (χ1n) is 8.89. The van der Waals surface area contributed by atoms with E-state index in [0.717, 1.165) is 28.4 Å². The standard InChI is InChI=1S/C20H26N2O5S/c1-12-18(19(24)25)28-17(22-12)11-16(23)21-8-9-27-15-7-6-13(26-5)10-14(15)20(2,3)4/h6-7,10H,8-9,11H2,1-5H3,(H,21,23)(H,24,25). The lowest BCUT2D eigenvalue weighted by Gasteiger charge is -2.23. The number of carboxylic acids is 1. The van der Waals surface area contributed by atoms with E-state index in [2.05, 4.69) is 31.1 Å². The highest BCUT2D eigenvalue weighted by molar-refractivity contribution is 7.13. The van der Waals surface area contributed by atoms with Crippen LogP contribution in [0.4, 0.5) is 0 Å². The zero-order valence-electron chi connectivity index (χ0n) is 16.8. The van der Waals surface area contributed by atoms with Crippen molar-refractivity contribution in [1.29, 1.82) is 0 Å². The van der Waals surface area contributed by atoms with E-state index in [1.54, 1.807) is 14.0 Å². The number of ether oxygens (including phenoxy) is 2. The maximum atomic E-state index is 12.1. The molecule has 1 aromatic carbocycles. The van der Waals surface area contributed by atoms with Gasteiger partial charge in [-0.3, -0.25) is 4.79 Å². The van der Waals surface area contributed by atoms with E-state index in [-0.39, 0.29) is 22.6 Å². The Kier molecular flexibility index (Phi) is 7.01. The number of amides is 1. The van der Waals surface area contributed by atoms with Crippen molar-refractivity contribution < 1.29 is 24.2 Å². The molecule has 0 unspecified atom stereocenters. The summed E-state index contributed by atoms with van der Waals surface area (Å²) in [5.74, 6) is 0.276. The molecule has 1 amide bonds. The van der Waals surface area contributed by atoms with E-state index in [9.17, 15) is 9.59 Å². The summed E-state index contributed by atoms with van der Waals surface area (Å²) in [4.78, 5) is 27.4. The van der Waals surface area contributed by atoms with Crippen LogP contribution in [-0.2, 0) is 16.6 Å². The first-order valence-corrected chi connectivity index (χ1v) is 9.71. The second-order valence-electron chi connectivity index (χ2n) is 7.31. The van der Waals surface area contributed by atoms with Crippen LogP contribution < -0.4 is 14.8 Å². The molecule has 0 spiro atoms. The van der Waals surface area contributed by atoms with Gasteiger partial charge in [-0.25, -0.2) is 9.78 Å². The minimum Gasteiger partial charge on any atom is -0.497 e. The smallest absolute Gasteiger partial charge is 0.347 e. The summed E-state index contributed by atoms with van der Waals surface area (Å²) in [6, 6.07) is 5.67. The first-order chi connectivity index (χ1) is 13.1. The summed E-state index contributed by atoms with van der Waals surface area (Å²) in [5.41, 5.74) is 1.34. The summed E-state index contributed by atoms with van der Waals surface area (Å²) in [6.45, 7) is 8.56. The Hall–Kier alpha value is -2.61. The molecule has 1 heterocycles. The molecule has 1 aromatic heterocycles. The van der Waals surface area contributed by atoms with Crippen molar-refractivity contribution in [3.8, 4) is 11.5 Å². The second kappa shape index (κ2) is 9.05. The maximum Gasteiger partial charge on any atom is 0.347 e. The van der Waals surface area contributed by atoms with E-state index in [1.165, 1.54) is 0 Å². The number of thiazole rings is 1. The molecule has 152 valence electrons. The third kappa shape index (κ3) is 5.69. The Morgan fingerprint density at radius 3 is 2.57 bits per heavy atom. The minimum atomic E-state index is -1.02. The van der Waals surface area contributed by atoms with E-state index in [1.807, 2.05) is 18.2 Å². The third-order valence-corrected chi connectivity index (χ3v) is 5.17. The third-order valence-electron chi connectivity index (χ3n) is 4.02. The van der Waals surface area contributed by atoms with Crippen molar-refractivity contribution in [2.24, 2.45) is 0 Å². The highest BCUT2D eigenvalue weighted by atomic mass is 32.1. The van der Waals surface area contributed by atoms with Gasteiger partial charge in [-0.15, -0.1) is 11.3 Å². The Balaban J connectivity index is 1.88. The Morgan fingerprint density at radius 2 is 2.00 bits per heavy atom. The number of carbonyl (C=O) groups is 2. The normalized spacial score (nSPS) is 11.2. The molecule has 28 heavy (non-hydrogen) atoms. The fourth-order valence-corrected chi connectivity index (χ4v) is 3.53. The quantitative estimate of drug-likeness (QED) is 0.654. The lowest BCUT2D eigenvalue weighted by molar-refractivity contribution is -0.120. The molecule has 0 aliphatic rings. The van der Waals surface area contributed by atoms with Crippen LogP contribution in [-0.4, -0.2) is 42.2 Å². The van der Waals surface area contributed by atoms with E-state index in [4.69, 9.17) is 14.6 Å². The number of methoxy groups -OCH3 is 1. The molecule has 0 saturated carbocycles. The van der Waals surface area contributed by atoms with Crippen LogP contribution in [0, 0.1) is 6.92 Å². The van der Waals surface area contributed by atoms with Crippen molar-refractivity contribution in [1.82, 2.24) is 10.3 Å². The number of carbonyl (C=O) groups excluding carboxylic acids is 1. The molecular weight excluding hydrogens is 380 g/mol. The molecule has 0 fully saturated rings. The van der Waals surface area contributed by atoms with Crippen LogP contribution in [0.15, 0.2) is 18.2 Å². The Labute approximate surface area is 168 Å². The zero-order chi connectivity index (χ0) is 20.9. The second-order valence-corrected chi connectivity index (χ2v) is 8.40. The van der Waals surface area contributed by atoms with Gasteiger partial charge in [0.15, 0.2) is 0 Å². The number of rotatable bonds is 8. The molecule has 0 bridgehead atoms. The number of aromatic nitrogens is 1. The van der Waals surface area contributed by atoms with Crippen LogP contribution in [0.2, 0.25) is 0 Å². The molecule has 0 atom stereocenters. The lowest BCUT2D eigenvalue weighted by atomic mass is 9.86. The maximum absolute atomic E-state index is 12.1. The lowest BCUT2D eigenvalue weighted by Crippen LogP contribution is -2.29. The van der Waals surface area contributed by atoms with Crippen molar-refractivity contribution in [3.05, 3.63) is 39.3 Å². The topological polar surface area (TPSA) is 97.8 Å². The van der Waals surface area contributed by atoms with Crippen LogP contribution in [0.3, 0.4) is 0 Å². The van der Waals surface area contributed by atoms with E-state index < -0.39 is 5.97 Å². The van der Waals surface area contributed by atoms with Gasteiger partial charge in [0.2, 0.25) is 5.91 Å². The van der Waals surface area contributed by atoms with Gasteiger partial charge in [0.1, 0.15) is 28.0 Å². The first kappa shape index (κ1) is 21.7. The molecule has 7 nitrogen and oxygen atoms in total. The summed E-state index contributed by atoms with van der Waals surface area (Å²) < 4.78 is 11.1. The van der Waals surface area contributed by atoms with Crippen LogP contribution >= 0.6 is 11.3 Å². The van der Waals surface area contributed by atoms with Crippen molar-refractivity contribution in [2.75, 3.05) is 20.3 Å². The molecule has 0 aliphatic carbocycles. The molecule has 0 aliphatic heterocycles. The number of nitrogens with one attached hydrogen (secondary N) is 1. The van der Waals surface area contributed by atoms with Gasteiger partial charge in [-0.2, -0.15) is 0 Å². The predicted octanol–water partition coefficient (Wildman–Crippen LogP) is 3.19. The molecule has 2 rings (SSSR count). The van der Waals surface area contributed by atoms with Gasteiger partial charge >= 0.3 is 5.97 Å². The molecule has 2 aromatic rings. The van der Waals surface area contributed by atoms with Gasteiger partial charge in [-0.05, 0) is 30.5 Å². The monoisotopic (exact) mass is 406 g/mol. The summed E-state index contributed by atoms with van der Waals surface area (Å²) in [7, 11) is 1.63. The van der Waals surface area contributed by atoms with Gasteiger partial charge < -0.3 is 19.9 Å². The SMILES string of the molecule is COc1ccc(OCCNC(=O)Cc2nc(C)c(C(=O)O)s2)c(C(C)(C)C)c1. The number of nitrogens with zero attached hydrogens (tertiary/aromatic N) is 1. The molecule has 0 radical (unpaired) electrons. The highest BCUT2D eigenvalue weighted by Gasteiger charge is 2.20. The minimum absolute atomic E-state index is 0.0502. The zero-order valence-corrected chi connectivity index (χ0v) is 17.6. The summed E-state index contributed by atoms with van der Waals surface area (Å²) in [6.07, 6.45) is 0.0502. The average molecular weight is 407 g/mol. The Bertz CT molecular complexity index is 855. The summed E-state index contributed by atoms with van der Waals surface area (Å²) in [5, 5.41) is 12.3. The molecule has 2 N–H and O–H groups in total. The van der Waals surface area contributed by atoms with Crippen molar-refractivity contribution in [3.63, 3.8) is 0 Å². The van der Waals surface area contributed by atoms with Crippen molar-refractivity contribution >= 4 is 23.2 Å². The largest absolute Gasteiger partial charge is 0.497 e. The number of benzene rings is 1. The number of carboxylic acid groups (broad SMARTS) is 1. The highest BCUT2D eigenvalue weighted by Crippen LogP contribution is 2.34. The fourth-order valence-electron chi connectivity index (χ4n) is 2.63. The predicted molar refractivity (Wildman–Crippen MR) is 108 cm³/mol. The number of aryl methyl sites for hydroxylation is 1. The van der Waals surface area contributed by atoms with E-state index in [0.29, 0.717) is 23.9 Å². The summed E-state index contributed by atoms with van der Waals surface area (Å²) >= 11 is 1.03. The van der Waals surface area contributed by atoms with Gasteiger partial charge in [0.25, 0.3) is 0 Å². The van der Waals surface area contributed by atoms with Crippen LogP contribution in [0.25, 0.3) is 0 Å². The molecular formula is C20H26N2O5S. The Morgan fingerprint density at radius 1 is 1.29 bits per heavy atom. The number of aromatic carboxylic acids is 1. The number of hydrogen-bond acceptors (Lipinski definition) is 6. The fraction of sp³-hybridized carbons (Fsp3) is 0.450. The number of hydrogen-bond donors (Lipinski definition) is 2. The van der Waals surface area contributed by atoms with Crippen LogP contribution in [0.5, 0.6) is 11.5 Å². The van der Waals surface area contributed by atoms with Crippen LogP contribution in [0.1, 0.15) is 46.7 Å².